The minimum absolute atomic E-state index is 0.0410. The third-order valence-electron chi connectivity index (χ3n) is 9.71. The van der Waals surface area contributed by atoms with Gasteiger partial charge in [-0.05, 0) is 84.0 Å². The fourth-order valence-corrected chi connectivity index (χ4v) is 5.88. The molecule has 0 unspecified atom stereocenters. The summed E-state index contributed by atoms with van der Waals surface area (Å²) in [5, 5.41) is 0. The predicted molar refractivity (Wildman–Crippen MR) is 174 cm³/mol. The van der Waals surface area contributed by atoms with Gasteiger partial charge in [0.1, 0.15) is 0 Å². The second-order valence-electron chi connectivity index (χ2n) is 14.5. The molecule has 0 atom stereocenters. The lowest BCUT2D eigenvalue weighted by Gasteiger charge is -2.45. The zero-order chi connectivity index (χ0) is 45.8. The summed E-state index contributed by atoms with van der Waals surface area (Å²) in [6.07, 6.45) is -0.114. The fraction of sp³-hybridized carbons (Fsp3) is 0.667. The molecular formula is C36H40F20N2. The van der Waals surface area contributed by atoms with E-state index in [0.29, 0.717) is 0 Å². The lowest BCUT2D eigenvalue weighted by atomic mass is 9.82. The molecule has 0 heterocycles. The van der Waals surface area contributed by atoms with Gasteiger partial charge in [0.05, 0.1) is 0 Å². The second-order valence-corrected chi connectivity index (χ2v) is 14.5. The summed E-state index contributed by atoms with van der Waals surface area (Å²) in [4.78, 5) is 0. The Labute approximate surface area is 319 Å². The third kappa shape index (κ3) is 7.41. The number of halogens is 20. The molecule has 0 fully saturated rings. The lowest BCUT2D eigenvalue weighted by Crippen LogP contribution is -2.76. The van der Waals surface area contributed by atoms with Gasteiger partial charge in [0.25, 0.3) is 0 Å². The third-order valence-corrected chi connectivity index (χ3v) is 9.71. The van der Waals surface area contributed by atoms with Crippen LogP contribution in [0.1, 0.15) is 112 Å². The summed E-state index contributed by atoms with van der Waals surface area (Å²) in [6.45, 7) is 7.75. The monoisotopic (exact) mass is 880 g/mol. The summed E-state index contributed by atoms with van der Waals surface area (Å²) < 4.78 is 299. The van der Waals surface area contributed by atoms with E-state index in [-0.39, 0.29) is 62.8 Å². The minimum atomic E-state index is -9.13. The molecule has 0 radical (unpaired) electrons. The van der Waals surface area contributed by atoms with Crippen LogP contribution < -0.4 is 11.5 Å². The zero-order valence-corrected chi connectivity index (χ0v) is 31.4. The molecule has 0 aromatic heterocycles. The first kappa shape index (κ1) is 50.8. The Kier molecular flexibility index (Phi) is 13.9. The Morgan fingerprint density at radius 3 is 0.828 bits per heavy atom. The molecule has 22 heteroatoms. The Morgan fingerprint density at radius 2 is 0.621 bits per heavy atom. The fourth-order valence-electron chi connectivity index (χ4n) is 5.88. The van der Waals surface area contributed by atoms with Gasteiger partial charge in [-0.1, -0.05) is 54.4 Å². The van der Waals surface area contributed by atoms with E-state index in [2.05, 4.69) is 0 Å². The smallest absolute Gasteiger partial charge is 0.385 e. The molecule has 0 spiro atoms. The molecule has 0 aliphatic rings. The van der Waals surface area contributed by atoms with Crippen LogP contribution in [0.4, 0.5) is 99.2 Å². The maximum absolute atomic E-state index is 15.3. The van der Waals surface area contributed by atoms with Crippen molar-refractivity contribution in [2.45, 2.75) is 151 Å². The summed E-state index contributed by atoms with van der Waals surface area (Å²) in [5.41, 5.74) is 4.05. The van der Waals surface area contributed by atoms with Crippen molar-refractivity contribution in [3.8, 4) is 0 Å². The van der Waals surface area contributed by atoms with Crippen molar-refractivity contribution in [3.05, 3.63) is 57.6 Å². The van der Waals surface area contributed by atoms with Gasteiger partial charge in [0.2, 0.25) is 0 Å². The Balaban J connectivity index is 2.82. The van der Waals surface area contributed by atoms with Crippen molar-refractivity contribution >= 4 is 11.4 Å². The largest absolute Gasteiger partial charge is 0.398 e. The van der Waals surface area contributed by atoms with Gasteiger partial charge in [-0.2, -0.15) is 87.8 Å². The number of rotatable bonds is 19. The Bertz CT molecular complexity index is 1640. The van der Waals surface area contributed by atoms with E-state index < -0.39 is 116 Å². The first-order valence-electron chi connectivity index (χ1n) is 17.4. The lowest BCUT2D eigenvalue weighted by molar-refractivity contribution is -0.470. The van der Waals surface area contributed by atoms with Crippen molar-refractivity contribution in [3.63, 3.8) is 0 Å². The number of alkyl halides is 20. The van der Waals surface area contributed by atoms with Crippen LogP contribution in [0, 0.1) is 0 Å². The molecule has 2 nitrogen and oxygen atoms in total. The minimum Gasteiger partial charge on any atom is -0.398 e. The average molecular weight is 881 g/mol. The van der Waals surface area contributed by atoms with Crippen LogP contribution in [-0.2, 0) is 24.7 Å². The van der Waals surface area contributed by atoms with Crippen molar-refractivity contribution in [2.75, 3.05) is 11.5 Å². The van der Waals surface area contributed by atoms with Crippen LogP contribution in [0.3, 0.4) is 0 Å². The number of nitrogen functional groups attached to an aromatic ring is 2. The highest BCUT2D eigenvalue weighted by Crippen LogP contribution is 2.67. The van der Waals surface area contributed by atoms with E-state index in [1.165, 1.54) is 41.5 Å². The van der Waals surface area contributed by atoms with E-state index in [9.17, 15) is 52.7 Å². The van der Waals surface area contributed by atoms with Gasteiger partial charge in [0, 0.05) is 22.5 Å². The summed E-state index contributed by atoms with van der Waals surface area (Å²) in [6, 6.07) is -0.195. The molecule has 0 amide bonds. The predicted octanol–water partition coefficient (Wildman–Crippen LogP) is 13.7. The van der Waals surface area contributed by atoms with Crippen LogP contribution >= 0.6 is 0 Å². The topological polar surface area (TPSA) is 52.0 Å². The first-order chi connectivity index (χ1) is 25.8. The van der Waals surface area contributed by atoms with E-state index in [0.717, 1.165) is 0 Å². The molecule has 0 saturated carbocycles. The molecule has 0 saturated heterocycles. The molecule has 0 aliphatic carbocycles. The van der Waals surface area contributed by atoms with Crippen LogP contribution in [0.5, 0.6) is 0 Å². The normalized spacial score (nSPS) is 14.9. The highest BCUT2D eigenvalue weighted by atomic mass is 19.4. The second kappa shape index (κ2) is 15.9. The molecule has 0 bridgehead atoms. The number of hydrogen-bond acceptors (Lipinski definition) is 2. The van der Waals surface area contributed by atoms with Crippen LogP contribution in [0.15, 0.2) is 24.3 Å². The maximum atomic E-state index is 15.3. The van der Waals surface area contributed by atoms with Crippen molar-refractivity contribution in [2.24, 2.45) is 0 Å². The quantitative estimate of drug-likeness (QED) is 0.109. The molecule has 0 aliphatic heterocycles. The van der Waals surface area contributed by atoms with E-state index >= 15 is 35.1 Å². The molecule has 58 heavy (non-hydrogen) atoms. The zero-order valence-electron chi connectivity index (χ0n) is 31.4. The van der Waals surface area contributed by atoms with E-state index in [1.807, 2.05) is 0 Å². The van der Waals surface area contributed by atoms with E-state index in [1.54, 1.807) is 0 Å². The van der Waals surface area contributed by atoms with Crippen LogP contribution in [0.25, 0.3) is 0 Å². The number of nitrogens with two attached hydrogens (primary N) is 2. The maximum Gasteiger partial charge on any atom is 0.385 e. The number of benzene rings is 2. The average Bonchev–Trinajstić information content (AvgIpc) is 3.09. The summed E-state index contributed by atoms with van der Waals surface area (Å²) >= 11 is 0. The molecule has 2 aromatic carbocycles. The van der Waals surface area contributed by atoms with Gasteiger partial charge in [-0.3, -0.25) is 0 Å². The van der Waals surface area contributed by atoms with Gasteiger partial charge < -0.3 is 11.5 Å². The molecule has 4 N–H and O–H groups in total. The first-order valence-corrected chi connectivity index (χ1v) is 17.4. The van der Waals surface area contributed by atoms with Crippen molar-refractivity contribution < 1.29 is 87.8 Å². The summed E-state index contributed by atoms with van der Waals surface area (Å²) in [7, 11) is 0. The van der Waals surface area contributed by atoms with Crippen molar-refractivity contribution in [1.29, 1.82) is 0 Å². The highest BCUT2D eigenvalue weighted by Gasteiger charge is 2.97. The molecular weight excluding hydrogens is 840 g/mol. The number of unbranched alkanes of at least 4 members (excludes halogenated alkanes) is 2. The number of hydrogen-bond donors (Lipinski definition) is 2. The van der Waals surface area contributed by atoms with Gasteiger partial charge in [0.15, 0.2) is 0 Å². The highest BCUT2D eigenvalue weighted by molar-refractivity contribution is 5.59. The summed E-state index contributed by atoms with van der Waals surface area (Å²) in [5.74, 6) is -85.3. The van der Waals surface area contributed by atoms with Crippen LogP contribution in [-0.4, -0.2) is 47.4 Å². The van der Waals surface area contributed by atoms with E-state index in [4.69, 9.17) is 11.5 Å². The van der Waals surface area contributed by atoms with Crippen LogP contribution in [0.2, 0.25) is 0 Å². The standard InChI is InChI=1S/C36H40F20N2/c1-7-9-11-19-13-21(15-23(17(3)4)25(19)57)27(37,38)29(41,42)31(45,46)33(49,50)35(53,54)36(55,56)34(51,52)32(47,48)30(43,44)28(39,40)22-14-20(12-10-8-2)26(58)24(16-22)18(5)6/h13-18H,7-12,57-58H2,1-6H3. The van der Waals surface area contributed by atoms with Crippen molar-refractivity contribution in [1.82, 2.24) is 0 Å². The Hall–Kier alpha value is -3.36. The Morgan fingerprint density at radius 1 is 0.397 bits per heavy atom. The number of anilines is 2. The van der Waals surface area contributed by atoms with Gasteiger partial charge >= 0.3 is 59.2 Å². The van der Waals surface area contributed by atoms with Gasteiger partial charge in [-0.15, -0.1) is 0 Å². The SMILES string of the molecule is CCCCc1cc(C(F)(F)C(F)(F)C(F)(F)C(F)(F)C(F)(F)C(F)(F)C(F)(F)C(F)(F)C(F)(F)C(F)(F)c2cc(CCCC)c(N)c(C(C)C)c2)cc(C(C)C)c1N. The van der Waals surface area contributed by atoms with Gasteiger partial charge in [-0.25, -0.2) is 0 Å². The number of aryl methyl sites for hydroxylation is 2. The molecule has 2 rings (SSSR count). The molecule has 2 aromatic rings. The molecule has 334 valence electrons.